The molecule has 5 heteroatoms. The van der Waals surface area contributed by atoms with Crippen molar-refractivity contribution in [3.8, 4) is 0 Å². The number of ether oxygens (including phenoxy) is 1. The predicted molar refractivity (Wildman–Crippen MR) is 91.2 cm³/mol. The first kappa shape index (κ1) is 16.0. The first-order valence-corrected chi connectivity index (χ1v) is 8.02. The number of morpholine rings is 1. The average molecular weight is 315 g/mol. The molecule has 1 aromatic heterocycles. The molecule has 1 atom stereocenters. The molecule has 124 valence electrons. The third-order valence-electron chi connectivity index (χ3n) is 4.59. The number of benzene rings is 1. The summed E-state index contributed by atoms with van der Waals surface area (Å²) in [5, 5.41) is 1.28. The van der Waals surface area contributed by atoms with Gasteiger partial charge in [0, 0.05) is 57.9 Å². The van der Waals surface area contributed by atoms with Gasteiger partial charge < -0.3 is 14.2 Å². The second kappa shape index (κ2) is 5.98. The number of fused-ring (bicyclic) bond motifs is 1. The number of likely N-dealkylation sites (N-methyl/N-ethyl adjacent to an activating group) is 1. The molecular weight excluding hydrogens is 290 g/mol. The quantitative estimate of drug-likeness (QED) is 0.868. The molecule has 5 nitrogen and oxygen atoms in total. The first-order valence-electron chi connectivity index (χ1n) is 8.02. The number of para-hydroxylation sites is 1. The van der Waals surface area contributed by atoms with Crippen LogP contribution < -0.4 is 0 Å². The fraction of sp³-hybridized carbons (Fsp3) is 0.500. The van der Waals surface area contributed by atoms with Crippen molar-refractivity contribution in [2.45, 2.75) is 19.1 Å². The van der Waals surface area contributed by atoms with Gasteiger partial charge in [-0.3, -0.25) is 9.69 Å². The lowest BCUT2D eigenvalue weighted by atomic mass is 10.0. The molecule has 1 aliphatic heterocycles. The highest BCUT2D eigenvalue weighted by Gasteiger charge is 2.40. The van der Waals surface area contributed by atoms with E-state index in [4.69, 9.17) is 4.74 Å². The zero-order valence-electron chi connectivity index (χ0n) is 14.4. The highest BCUT2D eigenvalue weighted by Crippen LogP contribution is 2.25. The normalized spacial score (nSPS) is 22.4. The van der Waals surface area contributed by atoms with Crippen LogP contribution in [0.15, 0.2) is 30.5 Å². The summed E-state index contributed by atoms with van der Waals surface area (Å²) in [6.45, 7) is 4.78. The van der Waals surface area contributed by atoms with Gasteiger partial charge in [-0.05, 0) is 18.6 Å². The summed E-state index contributed by atoms with van der Waals surface area (Å²) in [7, 11) is 5.63. The molecule has 1 aliphatic rings. The van der Waals surface area contributed by atoms with Crippen molar-refractivity contribution in [2.24, 2.45) is 7.05 Å². The number of rotatable bonds is 3. The van der Waals surface area contributed by atoms with Gasteiger partial charge in [-0.1, -0.05) is 18.2 Å². The lowest BCUT2D eigenvalue weighted by molar-refractivity contribution is -0.165. The summed E-state index contributed by atoms with van der Waals surface area (Å²) in [6.07, 6.45) is 2.19. The Kier molecular flexibility index (Phi) is 4.17. The number of carbonyl (C=O) groups excluding carboxylic acids is 1. The Morgan fingerprint density at radius 2 is 2.09 bits per heavy atom. The fourth-order valence-electron chi connectivity index (χ4n) is 3.48. The molecular formula is C18H25N3O2. The van der Waals surface area contributed by atoms with E-state index < -0.39 is 5.60 Å². The smallest absolute Gasteiger partial charge is 0.255 e. The van der Waals surface area contributed by atoms with Crippen LogP contribution in [0.1, 0.15) is 12.5 Å². The molecule has 0 spiro atoms. The van der Waals surface area contributed by atoms with Crippen LogP contribution in [0.25, 0.3) is 10.9 Å². The summed E-state index contributed by atoms with van der Waals surface area (Å²) in [5.41, 5.74) is 1.78. The molecule has 1 aromatic carbocycles. The molecule has 2 aromatic rings. The maximum Gasteiger partial charge on any atom is 0.255 e. The maximum absolute atomic E-state index is 12.4. The Morgan fingerprint density at radius 3 is 2.83 bits per heavy atom. The van der Waals surface area contributed by atoms with Crippen molar-refractivity contribution in [2.75, 3.05) is 33.8 Å². The van der Waals surface area contributed by atoms with Crippen LogP contribution >= 0.6 is 0 Å². The van der Waals surface area contributed by atoms with E-state index in [1.54, 1.807) is 19.0 Å². The molecule has 0 saturated carbocycles. The first-order chi connectivity index (χ1) is 10.9. The lowest BCUT2D eigenvalue weighted by Crippen LogP contribution is -2.57. The molecule has 0 N–H and O–H groups in total. The van der Waals surface area contributed by atoms with Crippen molar-refractivity contribution in [3.63, 3.8) is 0 Å². The van der Waals surface area contributed by atoms with E-state index in [1.807, 2.05) is 6.92 Å². The maximum atomic E-state index is 12.4. The minimum atomic E-state index is -0.758. The second-order valence-corrected chi connectivity index (χ2v) is 6.77. The van der Waals surface area contributed by atoms with Crippen molar-refractivity contribution in [1.82, 2.24) is 14.4 Å². The highest BCUT2D eigenvalue weighted by atomic mass is 16.5. The van der Waals surface area contributed by atoms with Gasteiger partial charge in [0.25, 0.3) is 5.91 Å². The summed E-state index contributed by atoms with van der Waals surface area (Å²) in [6, 6.07) is 8.44. The van der Waals surface area contributed by atoms with Gasteiger partial charge in [0.2, 0.25) is 0 Å². The zero-order chi connectivity index (χ0) is 16.6. The molecule has 23 heavy (non-hydrogen) atoms. The summed E-state index contributed by atoms with van der Waals surface area (Å²) < 4.78 is 7.97. The van der Waals surface area contributed by atoms with Crippen molar-refractivity contribution in [3.05, 3.63) is 36.0 Å². The van der Waals surface area contributed by atoms with Crippen LogP contribution in [0, 0.1) is 0 Å². The average Bonchev–Trinajstić information content (AvgIpc) is 2.83. The largest absolute Gasteiger partial charge is 0.363 e. The summed E-state index contributed by atoms with van der Waals surface area (Å²) in [5.74, 6) is 0.0279. The Balaban J connectivity index is 1.81. The second-order valence-electron chi connectivity index (χ2n) is 6.77. The van der Waals surface area contributed by atoms with Crippen molar-refractivity contribution < 1.29 is 9.53 Å². The molecule has 1 amide bonds. The van der Waals surface area contributed by atoms with Crippen LogP contribution in [0.2, 0.25) is 0 Å². The standard InChI is InChI=1S/C18H25N3O2/c1-18(17(22)19(2)3)13-21(9-10-23-18)12-14-11-20(4)16-8-6-5-7-15(14)16/h5-8,11H,9-10,12-13H2,1-4H3. The Hall–Kier alpha value is -1.85. The van der Waals surface area contributed by atoms with Gasteiger partial charge >= 0.3 is 0 Å². The van der Waals surface area contributed by atoms with Gasteiger partial charge in [-0.2, -0.15) is 0 Å². The van der Waals surface area contributed by atoms with Crippen LogP contribution in [-0.2, 0) is 23.1 Å². The lowest BCUT2D eigenvalue weighted by Gasteiger charge is -2.40. The van der Waals surface area contributed by atoms with E-state index in [9.17, 15) is 4.79 Å². The molecule has 0 aliphatic carbocycles. The van der Waals surface area contributed by atoms with Crippen LogP contribution in [0.5, 0.6) is 0 Å². The molecule has 1 unspecified atom stereocenters. The number of nitrogens with zero attached hydrogens (tertiary/aromatic N) is 3. The molecule has 0 bridgehead atoms. The van der Waals surface area contributed by atoms with Gasteiger partial charge in [-0.25, -0.2) is 0 Å². The van der Waals surface area contributed by atoms with E-state index in [0.29, 0.717) is 13.2 Å². The third kappa shape index (κ3) is 2.99. The minimum absolute atomic E-state index is 0.0279. The summed E-state index contributed by atoms with van der Waals surface area (Å²) >= 11 is 0. The molecule has 1 fully saturated rings. The number of hydrogen-bond acceptors (Lipinski definition) is 3. The van der Waals surface area contributed by atoms with Crippen LogP contribution in [-0.4, -0.2) is 59.7 Å². The molecule has 2 heterocycles. The van der Waals surface area contributed by atoms with E-state index in [2.05, 4.69) is 47.0 Å². The van der Waals surface area contributed by atoms with Gasteiger partial charge in [0.15, 0.2) is 5.60 Å². The van der Waals surface area contributed by atoms with Crippen molar-refractivity contribution >= 4 is 16.8 Å². The summed E-state index contributed by atoms with van der Waals surface area (Å²) in [4.78, 5) is 16.3. The molecule has 3 rings (SSSR count). The number of carbonyl (C=O) groups is 1. The monoisotopic (exact) mass is 315 g/mol. The predicted octanol–water partition coefficient (Wildman–Crippen LogP) is 1.86. The Labute approximate surface area is 137 Å². The number of aryl methyl sites for hydroxylation is 1. The number of aromatic nitrogens is 1. The highest BCUT2D eigenvalue weighted by molar-refractivity contribution is 5.85. The molecule has 1 saturated heterocycles. The van der Waals surface area contributed by atoms with Gasteiger partial charge in [0.1, 0.15) is 0 Å². The van der Waals surface area contributed by atoms with Gasteiger partial charge in [0.05, 0.1) is 6.61 Å². The molecule has 0 radical (unpaired) electrons. The number of amides is 1. The van der Waals surface area contributed by atoms with Gasteiger partial charge in [-0.15, -0.1) is 0 Å². The topological polar surface area (TPSA) is 37.7 Å². The van der Waals surface area contributed by atoms with E-state index in [1.165, 1.54) is 16.5 Å². The fourth-order valence-corrected chi connectivity index (χ4v) is 3.48. The van der Waals surface area contributed by atoms with E-state index >= 15 is 0 Å². The van der Waals surface area contributed by atoms with Crippen LogP contribution in [0.4, 0.5) is 0 Å². The van der Waals surface area contributed by atoms with E-state index in [-0.39, 0.29) is 5.91 Å². The zero-order valence-corrected chi connectivity index (χ0v) is 14.4. The Bertz CT molecular complexity index is 722. The third-order valence-corrected chi connectivity index (χ3v) is 4.59. The SMILES string of the molecule is CN(C)C(=O)C1(C)CN(Cc2cn(C)c3ccccc23)CCO1. The Morgan fingerprint density at radius 1 is 1.35 bits per heavy atom. The van der Waals surface area contributed by atoms with E-state index in [0.717, 1.165) is 13.1 Å². The number of hydrogen-bond donors (Lipinski definition) is 0. The van der Waals surface area contributed by atoms with Crippen molar-refractivity contribution in [1.29, 1.82) is 0 Å². The van der Waals surface area contributed by atoms with Crippen LogP contribution in [0.3, 0.4) is 0 Å². The minimum Gasteiger partial charge on any atom is -0.363 e.